The van der Waals surface area contributed by atoms with E-state index in [2.05, 4.69) is 45.6 Å². The molecule has 0 aromatic heterocycles. The molecule has 3 nitrogen and oxygen atoms in total. The summed E-state index contributed by atoms with van der Waals surface area (Å²) in [6, 6.07) is 6.21. The molecule has 0 saturated heterocycles. The fourth-order valence-corrected chi connectivity index (χ4v) is 1.96. The van der Waals surface area contributed by atoms with Gasteiger partial charge in [0.15, 0.2) is 0 Å². The molecule has 0 bridgehead atoms. The van der Waals surface area contributed by atoms with Crippen LogP contribution in [0.5, 0.6) is 0 Å². The third-order valence-electron chi connectivity index (χ3n) is 3.18. The summed E-state index contributed by atoms with van der Waals surface area (Å²) >= 11 is 3.46. The van der Waals surface area contributed by atoms with Gasteiger partial charge < -0.3 is 10.6 Å². The van der Waals surface area contributed by atoms with Gasteiger partial charge in [-0.1, -0.05) is 22.0 Å². The molecule has 0 unspecified atom stereocenters. The molecule has 0 aliphatic carbocycles. The van der Waals surface area contributed by atoms with Gasteiger partial charge in [-0.3, -0.25) is 4.79 Å². The number of carbonyl (C=O) groups is 1. The lowest BCUT2D eigenvalue weighted by Crippen LogP contribution is -2.51. The molecule has 1 amide bonds. The molecule has 18 heavy (non-hydrogen) atoms. The molecule has 0 saturated carbocycles. The quantitative estimate of drug-likeness (QED) is 0.876. The van der Waals surface area contributed by atoms with Crippen molar-refractivity contribution < 1.29 is 4.79 Å². The molecule has 1 aromatic rings. The SMILES string of the molecule is CNC(C)(C)C(=O)NCCc1cc(Br)ccc1C. The Morgan fingerprint density at radius 2 is 2.06 bits per heavy atom. The average Bonchev–Trinajstić information content (AvgIpc) is 2.33. The Bertz CT molecular complexity index is 430. The number of carbonyl (C=O) groups excluding carboxylic acids is 1. The van der Waals surface area contributed by atoms with E-state index in [1.165, 1.54) is 11.1 Å². The predicted molar refractivity (Wildman–Crippen MR) is 78.7 cm³/mol. The molecular formula is C14H21BrN2O. The first-order valence-electron chi connectivity index (χ1n) is 6.09. The van der Waals surface area contributed by atoms with Gasteiger partial charge in [-0.2, -0.15) is 0 Å². The number of nitrogens with one attached hydrogen (secondary N) is 2. The molecule has 0 fully saturated rings. The van der Waals surface area contributed by atoms with Crippen LogP contribution in [-0.2, 0) is 11.2 Å². The lowest BCUT2D eigenvalue weighted by molar-refractivity contribution is -0.126. The van der Waals surface area contributed by atoms with Gasteiger partial charge in [-0.05, 0) is 57.5 Å². The molecule has 0 aliphatic rings. The number of hydrogen-bond donors (Lipinski definition) is 2. The molecule has 1 rings (SSSR count). The van der Waals surface area contributed by atoms with Gasteiger partial charge in [0, 0.05) is 11.0 Å². The van der Waals surface area contributed by atoms with E-state index in [1.807, 2.05) is 19.9 Å². The molecule has 4 heteroatoms. The summed E-state index contributed by atoms with van der Waals surface area (Å²) < 4.78 is 1.07. The minimum absolute atomic E-state index is 0.0256. The van der Waals surface area contributed by atoms with Crippen molar-refractivity contribution in [3.8, 4) is 0 Å². The van der Waals surface area contributed by atoms with Crippen molar-refractivity contribution in [1.82, 2.24) is 10.6 Å². The summed E-state index contributed by atoms with van der Waals surface area (Å²) in [5, 5.41) is 5.94. The third-order valence-corrected chi connectivity index (χ3v) is 3.68. The minimum Gasteiger partial charge on any atom is -0.354 e. The Labute approximate surface area is 117 Å². The molecular weight excluding hydrogens is 292 g/mol. The van der Waals surface area contributed by atoms with Crippen molar-refractivity contribution in [1.29, 1.82) is 0 Å². The number of rotatable bonds is 5. The number of benzene rings is 1. The van der Waals surface area contributed by atoms with E-state index in [9.17, 15) is 4.79 Å². The molecule has 0 spiro atoms. The van der Waals surface area contributed by atoms with Crippen LogP contribution in [0.15, 0.2) is 22.7 Å². The van der Waals surface area contributed by atoms with Crippen molar-refractivity contribution >= 4 is 21.8 Å². The maximum Gasteiger partial charge on any atom is 0.239 e. The van der Waals surface area contributed by atoms with E-state index in [4.69, 9.17) is 0 Å². The molecule has 0 radical (unpaired) electrons. The minimum atomic E-state index is -0.522. The van der Waals surface area contributed by atoms with E-state index < -0.39 is 5.54 Å². The Balaban J connectivity index is 2.52. The van der Waals surface area contributed by atoms with Gasteiger partial charge in [0.05, 0.1) is 5.54 Å². The van der Waals surface area contributed by atoms with Gasteiger partial charge in [-0.15, -0.1) is 0 Å². The highest BCUT2D eigenvalue weighted by Gasteiger charge is 2.24. The summed E-state index contributed by atoms with van der Waals surface area (Å²) in [6.45, 7) is 6.47. The van der Waals surface area contributed by atoms with Crippen LogP contribution < -0.4 is 10.6 Å². The smallest absolute Gasteiger partial charge is 0.239 e. The first kappa shape index (κ1) is 15.2. The van der Waals surface area contributed by atoms with E-state index in [0.717, 1.165) is 10.9 Å². The van der Waals surface area contributed by atoms with Crippen LogP contribution in [0.25, 0.3) is 0 Å². The van der Waals surface area contributed by atoms with Crippen LogP contribution in [-0.4, -0.2) is 25.0 Å². The Hall–Kier alpha value is -0.870. The fourth-order valence-electron chi connectivity index (χ4n) is 1.55. The second-order valence-corrected chi connectivity index (χ2v) is 5.87. The van der Waals surface area contributed by atoms with Gasteiger partial charge in [0.1, 0.15) is 0 Å². The van der Waals surface area contributed by atoms with Gasteiger partial charge >= 0.3 is 0 Å². The Morgan fingerprint density at radius 1 is 1.39 bits per heavy atom. The number of aryl methyl sites for hydroxylation is 1. The standard InChI is InChI=1S/C14H21BrN2O/c1-10-5-6-12(15)9-11(10)7-8-17-13(18)14(2,3)16-4/h5-6,9,16H,7-8H2,1-4H3,(H,17,18). The molecule has 1 aromatic carbocycles. The highest BCUT2D eigenvalue weighted by Crippen LogP contribution is 2.16. The van der Waals surface area contributed by atoms with Gasteiger partial charge in [0.2, 0.25) is 5.91 Å². The van der Waals surface area contributed by atoms with Crippen molar-refractivity contribution in [3.63, 3.8) is 0 Å². The Kier molecular flexibility index (Phi) is 5.35. The summed E-state index contributed by atoms with van der Waals surface area (Å²) in [4.78, 5) is 11.9. The maximum absolute atomic E-state index is 11.9. The van der Waals surface area contributed by atoms with Crippen LogP contribution in [0.4, 0.5) is 0 Å². The number of halogens is 1. The zero-order chi connectivity index (χ0) is 13.8. The lowest BCUT2D eigenvalue weighted by atomic mass is 10.0. The second-order valence-electron chi connectivity index (χ2n) is 4.95. The zero-order valence-corrected chi connectivity index (χ0v) is 13.0. The van der Waals surface area contributed by atoms with Gasteiger partial charge in [0.25, 0.3) is 0 Å². The number of hydrogen-bond acceptors (Lipinski definition) is 2. The fraction of sp³-hybridized carbons (Fsp3) is 0.500. The van der Waals surface area contributed by atoms with E-state index in [-0.39, 0.29) is 5.91 Å². The first-order valence-corrected chi connectivity index (χ1v) is 6.88. The van der Waals surface area contributed by atoms with Crippen LogP contribution in [0.1, 0.15) is 25.0 Å². The van der Waals surface area contributed by atoms with E-state index in [0.29, 0.717) is 6.54 Å². The largest absolute Gasteiger partial charge is 0.354 e. The zero-order valence-electron chi connectivity index (χ0n) is 11.4. The van der Waals surface area contributed by atoms with Crippen molar-refractivity contribution in [2.24, 2.45) is 0 Å². The predicted octanol–water partition coefficient (Wildman–Crippen LogP) is 2.41. The summed E-state index contributed by atoms with van der Waals surface area (Å²) in [5.74, 6) is 0.0256. The van der Waals surface area contributed by atoms with Crippen molar-refractivity contribution in [2.45, 2.75) is 32.7 Å². The number of likely N-dealkylation sites (N-methyl/N-ethyl adjacent to an activating group) is 1. The molecule has 0 atom stereocenters. The van der Waals surface area contributed by atoms with Crippen molar-refractivity contribution in [3.05, 3.63) is 33.8 Å². The van der Waals surface area contributed by atoms with Crippen molar-refractivity contribution in [2.75, 3.05) is 13.6 Å². The molecule has 0 aliphatic heterocycles. The number of amides is 1. The van der Waals surface area contributed by atoms with Crippen LogP contribution in [0, 0.1) is 6.92 Å². The monoisotopic (exact) mass is 312 g/mol. The van der Waals surface area contributed by atoms with Crippen LogP contribution in [0.3, 0.4) is 0 Å². The third kappa shape index (κ3) is 4.10. The van der Waals surface area contributed by atoms with E-state index >= 15 is 0 Å². The average molecular weight is 313 g/mol. The Morgan fingerprint density at radius 3 is 2.67 bits per heavy atom. The second kappa shape index (κ2) is 6.34. The topological polar surface area (TPSA) is 41.1 Å². The lowest BCUT2D eigenvalue weighted by Gasteiger charge is -2.22. The maximum atomic E-state index is 11.9. The highest BCUT2D eigenvalue weighted by atomic mass is 79.9. The molecule has 2 N–H and O–H groups in total. The summed E-state index contributed by atoms with van der Waals surface area (Å²) in [6.07, 6.45) is 0.844. The van der Waals surface area contributed by atoms with Gasteiger partial charge in [-0.25, -0.2) is 0 Å². The van der Waals surface area contributed by atoms with Crippen LogP contribution in [0.2, 0.25) is 0 Å². The summed E-state index contributed by atoms with van der Waals surface area (Å²) in [7, 11) is 1.79. The first-order chi connectivity index (χ1) is 8.36. The normalized spacial score (nSPS) is 11.4. The molecule has 0 heterocycles. The van der Waals surface area contributed by atoms with Crippen LogP contribution >= 0.6 is 15.9 Å². The highest BCUT2D eigenvalue weighted by molar-refractivity contribution is 9.10. The van der Waals surface area contributed by atoms with E-state index in [1.54, 1.807) is 7.05 Å². The summed E-state index contributed by atoms with van der Waals surface area (Å²) in [5.41, 5.74) is 1.99. The molecule has 100 valence electrons.